The monoisotopic (exact) mass is 433 g/mol. The van der Waals surface area contributed by atoms with Gasteiger partial charge in [0.2, 0.25) is 16.8 Å². The van der Waals surface area contributed by atoms with Crippen molar-refractivity contribution in [2.75, 3.05) is 24.2 Å². The fourth-order valence-electron chi connectivity index (χ4n) is 2.93. The molecule has 0 atom stereocenters. The van der Waals surface area contributed by atoms with Crippen molar-refractivity contribution >= 4 is 40.0 Å². The Bertz CT molecular complexity index is 961. The molecule has 0 spiro atoms. The second kappa shape index (κ2) is 9.23. The first-order valence-electron chi connectivity index (χ1n) is 9.25. The maximum atomic E-state index is 12.4. The minimum absolute atomic E-state index is 0.108. The number of nitrogens with one attached hydrogen (secondary N) is 1. The number of hydrogen-bond acceptors (Lipinski definition) is 9. The molecule has 4 heterocycles. The molecule has 1 aliphatic heterocycles. The molecule has 4 rings (SSSR count). The number of amides is 2. The molecule has 1 N–H and O–H groups in total. The summed E-state index contributed by atoms with van der Waals surface area (Å²) in [5.41, 5.74) is 0.108. The molecule has 1 aliphatic rings. The number of carbonyl (C=O) groups is 2. The lowest BCUT2D eigenvalue weighted by molar-refractivity contribution is -0.128. The summed E-state index contributed by atoms with van der Waals surface area (Å²) in [6, 6.07) is 4.92. The van der Waals surface area contributed by atoms with Crippen LogP contribution in [0.5, 0.6) is 0 Å². The Labute approximate surface area is 174 Å². The van der Waals surface area contributed by atoms with Gasteiger partial charge in [-0.3, -0.25) is 14.9 Å². The predicted molar refractivity (Wildman–Crippen MR) is 108 cm³/mol. The Kier molecular flexibility index (Phi) is 6.25. The van der Waals surface area contributed by atoms with Crippen LogP contribution in [-0.2, 0) is 4.79 Å². The van der Waals surface area contributed by atoms with E-state index in [-0.39, 0.29) is 11.6 Å². The molecule has 152 valence electrons. The summed E-state index contributed by atoms with van der Waals surface area (Å²) >= 11 is 2.55. The Hall–Kier alpha value is -2.66. The number of carbonyl (C=O) groups excluding carboxylic acids is 2. The highest BCUT2D eigenvalue weighted by Gasteiger charge is 2.19. The van der Waals surface area contributed by atoms with Gasteiger partial charge in [0.05, 0.1) is 12.0 Å². The van der Waals surface area contributed by atoms with Crippen LogP contribution in [0.1, 0.15) is 36.2 Å². The van der Waals surface area contributed by atoms with Crippen LogP contribution in [0.2, 0.25) is 0 Å². The summed E-state index contributed by atoms with van der Waals surface area (Å²) in [7, 11) is 0. The highest BCUT2D eigenvalue weighted by molar-refractivity contribution is 8.01. The van der Waals surface area contributed by atoms with E-state index in [4.69, 9.17) is 8.94 Å². The van der Waals surface area contributed by atoms with Crippen molar-refractivity contribution in [2.45, 2.75) is 30.0 Å². The van der Waals surface area contributed by atoms with Crippen LogP contribution in [0, 0.1) is 0 Å². The molecule has 2 amide bonds. The van der Waals surface area contributed by atoms with Crippen molar-refractivity contribution in [3.63, 3.8) is 0 Å². The van der Waals surface area contributed by atoms with Crippen molar-refractivity contribution in [3.8, 4) is 11.5 Å². The van der Waals surface area contributed by atoms with E-state index >= 15 is 0 Å². The maximum Gasteiger partial charge on any atom is 0.279 e. The minimum Gasteiger partial charge on any atom is -0.461 e. The summed E-state index contributed by atoms with van der Waals surface area (Å²) in [5.74, 6) is 0.824. The van der Waals surface area contributed by atoms with Gasteiger partial charge in [0.1, 0.15) is 0 Å². The number of furan rings is 1. The number of nitrogens with zero attached hydrogens (tertiary/aromatic N) is 4. The topological polar surface area (TPSA) is 114 Å². The number of rotatable bonds is 6. The molecule has 29 heavy (non-hydrogen) atoms. The van der Waals surface area contributed by atoms with E-state index < -0.39 is 5.91 Å². The quantitative estimate of drug-likeness (QED) is 0.464. The molecular weight excluding hydrogens is 414 g/mol. The van der Waals surface area contributed by atoms with Gasteiger partial charge in [0, 0.05) is 19.2 Å². The molecule has 0 aromatic carbocycles. The van der Waals surface area contributed by atoms with Crippen molar-refractivity contribution in [3.05, 3.63) is 30.2 Å². The van der Waals surface area contributed by atoms with Crippen LogP contribution >= 0.6 is 23.1 Å². The summed E-state index contributed by atoms with van der Waals surface area (Å²) < 4.78 is 11.0. The van der Waals surface area contributed by atoms with E-state index in [1.807, 2.05) is 4.90 Å². The first-order valence-corrected chi connectivity index (χ1v) is 11.1. The van der Waals surface area contributed by atoms with Gasteiger partial charge >= 0.3 is 0 Å². The average Bonchev–Trinajstić information content (AvgIpc) is 3.45. The zero-order valence-electron chi connectivity index (χ0n) is 15.5. The molecule has 1 saturated heterocycles. The highest BCUT2D eigenvalue weighted by Crippen LogP contribution is 2.27. The molecule has 0 bridgehead atoms. The smallest absolute Gasteiger partial charge is 0.279 e. The van der Waals surface area contributed by atoms with Gasteiger partial charge in [-0.15, -0.1) is 10.2 Å². The van der Waals surface area contributed by atoms with E-state index in [2.05, 4.69) is 20.7 Å². The standard InChI is InChI=1S/C18H19N5O4S2/c24-15(23-7-3-1-2-4-8-23)11-28-18-21-20-17(29-18)19-16(25)12-10-14(27-22-12)13-6-5-9-26-13/h5-6,9-10H,1-4,7-8,11H2,(H,19,20,25). The van der Waals surface area contributed by atoms with Crippen molar-refractivity contribution in [1.29, 1.82) is 0 Å². The third-order valence-electron chi connectivity index (χ3n) is 4.41. The van der Waals surface area contributed by atoms with E-state index in [0.29, 0.717) is 26.7 Å². The number of aromatic nitrogens is 3. The average molecular weight is 434 g/mol. The lowest BCUT2D eigenvalue weighted by atomic mass is 10.2. The van der Waals surface area contributed by atoms with Gasteiger partial charge in [-0.25, -0.2) is 0 Å². The lowest BCUT2D eigenvalue weighted by Gasteiger charge is -2.19. The molecule has 1 fully saturated rings. The van der Waals surface area contributed by atoms with Crippen LogP contribution in [0.3, 0.4) is 0 Å². The van der Waals surface area contributed by atoms with E-state index in [9.17, 15) is 9.59 Å². The zero-order valence-corrected chi connectivity index (χ0v) is 17.1. The number of likely N-dealkylation sites (tertiary alicyclic amines) is 1. The second-order valence-electron chi connectivity index (χ2n) is 6.46. The van der Waals surface area contributed by atoms with Crippen molar-refractivity contribution in [1.82, 2.24) is 20.3 Å². The first kappa shape index (κ1) is 19.6. The molecule has 0 saturated carbocycles. The molecule has 11 heteroatoms. The third kappa shape index (κ3) is 5.04. The van der Waals surface area contributed by atoms with Crippen molar-refractivity contribution < 1.29 is 18.5 Å². The van der Waals surface area contributed by atoms with Crippen LogP contribution in [0.4, 0.5) is 5.13 Å². The SMILES string of the molecule is O=C(Nc1nnc(SCC(=O)N2CCCCCC2)s1)c1cc(-c2ccco2)on1. The zero-order chi connectivity index (χ0) is 20.1. The fraction of sp³-hybridized carbons (Fsp3) is 0.389. The maximum absolute atomic E-state index is 12.4. The van der Waals surface area contributed by atoms with Gasteiger partial charge in [-0.1, -0.05) is 41.1 Å². The van der Waals surface area contributed by atoms with Crippen LogP contribution in [-0.4, -0.2) is 50.9 Å². The molecule has 0 aliphatic carbocycles. The lowest BCUT2D eigenvalue weighted by Crippen LogP contribution is -2.33. The number of thioether (sulfide) groups is 1. The normalized spacial score (nSPS) is 14.6. The Morgan fingerprint density at radius 1 is 1.17 bits per heavy atom. The number of anilines is 1. The van der Waals surface area contributed by atoms with Gasteiger partial charge in [0.15, 0.2) is 15.8 Å². The number of hydrogen-bond donors (Lipinski definition) is 1. The van der Waals surface area contributed by atoms with E-state index in [0.717, 1.165) is 25.9 Å². The molecule has 9 nitrogen and oxygen atoms in total. The molecule has 3 aromatic rings. The predicted octanol–water partition coefficient (Wildman–Crippen LogP) is 3.53. The second-order valence-corrected chi connectivity index (χ2v) is 8.66. The van der Waals surface area contributed by atoms with Gasteiger partial charge in [-0.2, -0.15) is 0 Å². The highest BCUT2D eigenvalue weighted by atomic mass is 32.2. The van der Waals surface area contributed by atoms with E-state index in [1.165, 1.54) is 48.3 Å². The van der Waals surface area contributed by atoms with Gasteiger partial charge in [0.25, 0.3) is 5.91 Å². The van der Waals surface area contributed by atoms with Crippen LogP contribution < -0.4 is 5.32 Å². The molecule has 0 radical (unpaired) electrons. The van der Waals surface area contributed by atoms with Gasteiger partial charge < -0.3 is 13.8 Å². The fourth-order valence-corrected chi connectivity index (χ4v) is 4.58. The molecule has 0 unspecified atom stereocenters. The van der Waals surface area contributed by atoms with Gasteiger partial charge in [-0.05, 0) is 25.0 Å². The van der Waals surface area contributed by atoms with Crippen LogP contribution in [0.15, 0.2) is 37.7 Å². The summed E-state index contributed by atoms with van der Waals surface area (Å²) in [4.78, 5) is 26.6. The molecule has 3 aromatic heterocycles. The Balaban J connectivity index is 1.30. The third-order valence-corrected chi connectivity index (χ3v) is 6.37. The summed E-state index contributed by atoms with van der Waals surface area (Å²) in [5, 5.41) is 14.7. The largest absolute Gasteiger partial charge is 0.461 e. The minimum atomic E-state index is -0.458. The Morgan fingerprint density at radius 2 is 2.00 bits per heavy atom. The summed E-state index contributed by atoms with van der Waals surface area (Å²) in [6.45, 7) is 1.66. The van der Waals surface area contributed by atoms with E-state index in [1.54, 1.807) is 12.1 Å². The van der Waals surface area contributed by atoms with Crippen molar-refractivity contribution in [2.24, 2.45) is 0 Å². The molecular formula is C18H19N5O4S2. The summed E-state index contributed by atoms with van der Waals surface area (Å²) in [6.07, 6.45) is 6.01. The Morgan fingerprint density at radius 3 is 2.76 bits per heavy atom. The first-order chi connectivity index (χ1) is 14.2. The van der Waals surface area contributed by atoms with Crippen LogP contribution in [0.25, 0.3) is 11.5 Å².